The van der Waals surface area contributed by atoms with Crippen LogP contribution in [0.3, 0.4) is 0 Å². The van der Waals surface area contributed by atoms with Crippen molar-refractivity contribution < 1.29 is 14.3 Å². The molecule has 154 valence electrons. The van der Waals surface area contributed by atoms with E-state index in [1.165, 1.54) is 32.1 Å². The maximum Gasteiger partial charge on any atom is 0.257 e. The van der Waals surface area contributed by atoms with Crippen LogP contribution in [0.2, 0.25) is 0 Å². The van der Waals surface area contributed by atoms with E-state index in [0.717, 1.165) is 12.2 Å². The van der Waals surface area contributed by atoms with Gasteiger partial charge in [-0.2, -0.15) is 0 Å². The molecule has 0 saturated carbocycles. The van der Waals surface area contributed by atoms with Crippen molar-refractivity contribution in [3.05, 3.63) is 48.0 Å². The maximum atomic E-state index is 12.5. The number of rotatable bonds is 5. The Morgan fingerprint density at radius 3 is 2.45 bits per heavy atom. The Morgan fingerprint density at radius 1 is 1.07 bits per heavy atom. The standard InChI is InChI=1S/C22H27N3O3S/c1-15-6-4-5-13-25(15)18-10-8-17(9-11-18)23-22(29)24-21(26)16-7-12-19(27-2)20(14-16)28-3/h7-12,14-15H,4-6,13H2,1-3H3,(H2,23,24,26,29)/t15-/m0/s1. The van der Waals surface area contributed by atoms with E-state index in [9.17, 15) is 4.79 Å². The lowest BCUT2D eigenvalue weighted by atomic mass is 10.0. The van der Waals surface area contributed by atoms with E-state index in [4.69, 9.17) is 21.7 Å². The highest BCUT2D eigenvalue weighted by atomic mass is 32.1. The van der Waals surface area contributed by atoms with E-state index < -0.39 is 0 Å². The number of hydrogen-bond acceptors (Lipinski definition) is 5. The maximum absolute atomic E-state index is 12.5. The van der Waals surface area contributed by atoms with Crippen LogP contribution in [0.4, 0.5) is 11.4 Å². The van der Waals surface area contributed by atoms with Crippen molar-refractivity contribution in [2.75, 3.05) is 31.0 Å². The first-order valence-corrected chi connectivity index (χ1v) is 10.1. The summed E-state index contributed by atoms with van der Waals surface area (Å²) in [5.41, 5.74) is 2.47. The molecule has 1 saturated heterocycles. The van der Waals surface area contributed by atoms with Gasteiger partial charge < -0.3 is 19.7 Å². The molecular weight excluding hydrogens is 386 g/mol. The highest BCUT2D eigenvalue weighted by Gasteiger charge is 2.18. The van der Waals surface area contributed by atoms with E-state index in [1.54, 1.807) is 25.3 Å². The van der Waals surface area contributed by atoms with Crippen LogP contribution in [0.5, 0.6) is 11.5 Å². The zero-order valence-electron chi connectivity index (χ0n) is 17.0. The van der Waals surface area contributed by atoms with Gasteiger partial charge in [0.05, 0.1) is 14.2 Å². The number of nitrogens with zero attached hydrogens (tertiary/aromatic N) is 1. The van der Waals surface area contributed by atoms with Crippen molar-refractivity contribution in [3.63, 3.8) is 0 Å². The number of piperidine rings is 1. The summed E-state index contributed by atoms with van der Waals surface area (Å²) in [6, 6.07) is 13.6. The summed E-state index contributed by atoms with van der Waals surface area (Å²) in [7, 11) is 3.08. The summed E-state index contributed by atoms with van der Waals surface area (Å²) in [6.07, 6.45) is 3.76. The number of ether oxygens (including phenoxy) is 2. The van der Waals surface area contributed by atoms with Crippen molar-refractivity contribution in [2.24, 2.45) is 0 Å². The largest absolute Gasteiger partial charge is 0.493 e. The minimum absolute atomic E-state index is 0.240. The molecular formula is C22H27N3O3S. The van der Waals surface area contributed by atoms with E-state index in [0.29, 0.717) is 23.1 Å². The molecule has 0 spiro atoms. The Hall–Kier alpha value is -2.80. The molecule has 0 aliphatic carbocycles. The molecule has 6 nitrogen and oxygen atoms in total. The smallest absolute Gasteiger partial charge is 0.257 e. The van der Waals surface area contributed by atoms with Gasteiger partial charge in [-0.25, -0.2) is 0 Å². The van der Waals surface area contributed by atoms with Crippen molar-refractivity contribution >= 4 is 34.6 Å². The monoisotopic (exact) mass is 413 g/mol. The van der Waals surface area contributed by atoms with Crippen molar-refractivity contribution in [3.8, 4) is 11.5 Å². The fourth-order valence-electron chi connectivity index (χ4n) is 3.53. The number of carbonyl (C=O) groups is 1. The highest BCUT2D eigenvalue weighted by Crippen LogP contribution is 2.28. The van der Waals surface area contributed by atoms with Crippen LogP contribution in [-0.4, -0.2) is 37.8 Å². The summed E-state index contributed by atoms with van der Waals surface area (Å²) >= 11 is 5.29. The predicted octanol–water partition coefficient (Wildman–Crippen LogP) is 4.21. The fourth-order valence-corrected chi connectivity index (χ4v) is 3.74. The van der Waals surface area contributed by atoms with Crippen LogP contribution in [0.15, 0.2) is 42.5 Å². The third-order valence-corrected chi connectivity index (χ3v) is 5.34. The van der Waals surface area contributed by atoms with Gasteiger partial charge in [0, 0.05) is 29.5 Å². The fraction of sp³-hybridized carbons (Fsp3) is 0.364. The zero-order chi connectivity index (χ0) is 20.8. The lowest BCUT2D eigenvalue weighted by molar-refractivity contribution is 0.0977. The molecule has 1 fully saturated rings. The molecule has 1 amide bonds. The SMILES string of the molecule is COc1ccc(C(=O)NC(=S)Nc2ccc(N3CCCC[C@@H]3C)cc2)cc1OC. The number of carbonyl (C=O) groups excluding carboxylic acids is 1. The molecule has 7 heteroatoms. The van der Waals surface area contributed by atoms with Gasteiger partial charge in [-0.3, -0.25) is 10.1 Å². The second-order valence-corrected chi connectivity index (χ2v) is 7.47. The number of methoxy groups -OCH3 is 2. The molecule has 1 heterocycles. The van der Waals surface area contributed by atoms with Crippen molar-refractivity contribution in [2.45, 2.75) is 32.2 Å². The lowest BCUT2D eigenvalue weighted by Crippen LogP contribution is -2.37. The number of amides is 1. The second-order valence-electron chi connectivity index (χ2n) is 7.06. The average molecular weight is 414 g/mol. The number of anilines is 2. The Kier molecular flexibility index (Phi) is 6.93. The normalized spacial score (nSPS) is 16.1. The molecule has 1 aliphatic rings. The quantitative estimate of drug-likeness (QED) is 0.716. The molecule has 0 bridgehead atoms. The summed E-state index contributed by atoms with van der Waals surface area (Å²) < 4.78 is 10.4. The van der Waals surface area contributed by atoms with Gasteiger partial charge in [0.15, 0.2) is 16.6 Å². The molecule has 1 atom stereocenters. The Labute approximate surface area is 177 Å². The second kappa shape index (κ2) is 9.60. The summed E-state index contributed by atoms with van der Waals surface area (Å²) in [5, 5.41) is 5.99. The molecule has 3 rings (SSSR count). The molecule has 29 heavy (non-hydrogen) atoms. The Morgan fingerprint density at radius 2 is 1.79 bits per heavy atom. The van der Waals surface area contributed by atoms with Crippen LogP contribution in [-0.2, 0) is 0 Å². The topological polar surface area (TPSA) is 62.8 Å². The summed E-state index contributed by atoms with van der Waals surface area (Å²) in [5.74, 6) is 0.733. The molecule has 2 aromatic carbocycles. The van der Waals surface area contributed by atoms with Crippen molar-refractivity contribution in [1.82, 2.24) is 5.32 Å². The van der Waals surface area contributed by atoms with Gasteiger partial charge in [-0.1, -0.05) is 0 Å². The third-order valence-electron chi connectivity index (χ3n) is 5.13. The molecule has 2 N–H and O–H groups in total. The van der Waals surface area contributed by atoms with Crippen LogP contribution >= 0.6 is 12.2 Å². The third kappa shape index (κ3) is 5.17. The van der Waals surface area contributed by atoms with Gasteiger partial charge in [0.2, 0.25) is 0 Å². The zero-order valence-corrected chi connectivity index (χ0v) is 17.8. The van der Waals surface area contributed by atoms with Gasteiger partial charge in [-0.05, 0) is 80.9 Å². The van der Waals surface area contributed by atoms with Gasteiger partial charge in [0.1, 0.15) is 0 Å². The minimum atomic E-state index is -0.317. The summed E-state index contributed by atoms with van der Waals surface area (Å²) in [4.78, 5) is 14.9. The molecule has 0 unspecified atom stereocenters. The van der Waals surface area contributed by atoms with Crippen LogP contribution < -0.4 is 25.0 Å². The van der Waals surface area contributed by atoms with Crippen LogP contribution in [0.1, 0.15) is 36.5 Å². The Balaban J connectivity index is 1.59. The predicted molar refractivity (Wildman–Crippen MR) is 120 cm³/mol. The van der Waals surface area contributed by atoms with Gasteiger partial charge in [-0.15, -0.1) is 0 Å². The first-order chi connectivity index (χ1) is 14.0. The summed E-state index contributed by atoms with van der Waals surface area (Å²) in [6.45, 7) is 3.36. The number of thiocarbonyl (C=S) groups is 1. The molecule has 1 aliphatic heterocycles. The number of benzene rings is 2. The van der Waals surface area contributed by atoms with E-state index in [-0.39, 0.29) is 11.0 Å². The molecule has 0 aromatic heterocycles. The minimum Gasteiger partial charge on any atom is -0.493 e. The first-order valence-electron chi connectivity index (χ1n) is 9.73. The highest BCUT2D eigenvalue weighted by molar-refractivity contribution is 7.80. The van der Waals surface area contributed by atoms with Crippen molar-refractivity contribution in [1.29, 1.82) is 0 Å². The number of hydrogen-bond donors (Lipinski definition) is 2. The van der Waals surface area contributed by atoms with E-state index in [2.05, 4.69) is 34.6 Å². The van der Waals surface area contributed by atoms with Gasteiger partial charge in [0.25, 0.3) is 5.91 Å². The molecule has 2 aromatic rings. The van der Waals surface area contributed by atoms with Gasteiger partial charge >= 0.3 is 0 Å². The Bertz CT molecular complexity index is 870. The van der Waals surface area contributed by atoms with E-state index >= 15 is 0 Å². The molecule has 0 radical (unpaired) electrons. The first kappa shape index (κ1) is 20.9. The van der Waals surface area contributed by atoms with Crippen LogP contribution in [0, 0.1) is 0 Å². The number of nitrogens with one attached hydrogen (secondary N) is 2. The lowest BCUT2D eigenvalue weighted by Gasteiger charge is -2.35. The van der Waals surface area contributed by atoms with Crippen LogP contribution in [0.25, 0.3) is 0 Å². The van der Waals surface area contributed by atoms with E-state index in [1.807, 2.05) is 12.1 Å². The average Bonchev–Trinajstić information content (AvgIpc) is 2.74.